The molecule has 0 amide bonds. The van der Waals surface area contributed by atoms with Gasteiger partial charge in [-0.25, -0.2) is 0 Å². The molecule has 0 fully saturated rings. The van der Waals surface area contributed by atoms with E-state index in [1.807, 2.05) is 0 Å². The van der Waals surface area contributed by atoms with Gasteiger partial charge in [0.1, 0.15) is 0 Å². The molecule has 0 atom stereocenters. The minimum atomic E-state index is -0.466. The summed E-state index contributed by atoms with van der Waals surface area (Å²) in [6, 6.07) is 4.45. The lowest BCUT2D eigenvalue weighted by atomic mass is 10.1. The van der Waals surface area contributed by atoms with Gasteiger partial charge in [-0.2, -0.15) is 0 Å². The molecule has 2 aromatic rings. The molecule has 1 aromatic carbocycles. The number of ketones is 1. The van der Waals surface area contributed by atoms with Gasteiger partial charge in [-0.05, 0) is 20.2 Å². The molecule has 18 heavy (non-hydrogen) atoms. The van der Waals surface area contributed by atoms with Gasteiger partial charge in [0.2, 0.25) is 0 Å². The van der Waals surface area contributed by atoms with E-state index in [-0.39, 0.29) is 18.0 Å². The number of aromatic amines is 1. The summed E-state index contributed by atoms with van der Waals surface area (Å²) in [5.41, 5.74) is 1.20. The summed E-state index contributed by atoms with van der Waals surface area (Å²) in [6.07, 6.45) is 1.60. The van der Waals surface area contributed by atoms with Crippen LogP contribution in [0.3, 0.4) is 0 Å². The van der Waals surface area contributed by atoms with Crippen molar-refractivity contribution in [3.63, 3.8) is 0 Å². The molecule has 0 aliphatic rings. The van der Waals surface area contributed by atoms with E-state index in [2.05, 4.69) is 4.98 Å². The predicted molar refractivity (Wildman–Crippen MR) is 67.8 cm³/mol. The number of Topliss-reactive ketones (excluding diaryl/α,β-unsaturated/α-hetero) is 1. The van der Waals surface area contributed by atoms with Gasteiger partial charge in [-0.3, -0.25) is 14.9 Å². The Balaban J connectivity index is 2.48. The molecule has 6 nitrogen and oxygen atoms in total. The first kappa shape index (κ1) is 12.3. The van der Waals surface area contributed by atoms with Crippen molar-refractivity contribution in [1.29, 1.82) is 0 Å². The van der Waals surface area contributed by atoms with Crippen molar-refractivity contribution in [3.8, 4) is 0 Å². The van der Waals surface area contributed by atoms with Crippen molar-refractivity contribution < 1.29 is 9.72 Å². The van der Waals surface area contributed by atoms with Gasteiger partial charge in [0.05, 0.1) is 11.5 Å². The van der Waals surface area contributed by atoms with Crippen LogP contribution in [0.4, 0.5) is 5.69 Å². The molecule has 0 bridgehead atoms. The zero-order valence-corrected chi connectivity index (χ0v) is 10.1. The maximum Gasteiger partial charge on any atom is 0.270 e. The number of nitrogens with one attached hydrogen (secondary N) is 1. The topological polar surface area (TPSA) is 79.2 Å². The third kappa shape index (κ3) is 2.23. The zero-order chi connectivity index (χ0) is 13.3. The van der Waals surface area contributed by atoms with Crippen LogP contribution in [0.25, 0.3) is 10.9 Å². The minimum Gasteiger partial charge on any atom is -0.360 e. The number of rotatable bonds is 4. The second kappa shape index (κ2) is 4.58. The summed E-state index contributed by atoms with van der Waals surface area (Å²) < 4.78 is 0. The molecular weight excluding hydrogens is 234 g/mol. The average molecular weight is 247 g/mol. The van der Waals surface area contributed by atoms with Crippen molar-refractivity contribution in [3.05, 3.63) is 40.1 Å². The molecule has 1 aromatic heterocycles. The number of hydrogen-bond acceptors (Lipinski definition) is 4. The number of likely N-dealkylation sites (N-methyl/N-ethyl adjacent to an activating group) is 1. The van der Waals surface area contributed by atoms with Gasteiger partial charge in [0.15, 0.2) is 5.78 Å². The highest BCUT2D eigenvalue weighted by Gasteiger charge is 2.15. The molecule has 0 radical (unpaired) electrons. The lowest BCUT2D eigenvalue weighted by Gasteiger charge is -2.07. The first-order valence-electron chi connectivity index (χ1n) is 5.42. The van der Waals surface area contributed by atoms with Crippen LogP contribution in [0.1, 0.15) is 10.4 Å². The smallest absolute Gasteiger partial charge is 0.270 e. The first-order chi connectivity index (χ1) is 8.49. The summed E-state index contributed by atoms with van der Waals surface area (Å²) in [7, 11) is 3.60. The number of nitrogens with zero attached hydrogens (tertiary/aromatic N) is 2. The summed E-state index contributed by atoms with van der Waals surface area (Å²) in [5.74, 6) is -0.0632. The third-order valence-corrected chi connectivity index (χ3v) is 2.64. The average Bonchev–Trinajstić information content (AvgIpc) is 2.70. The summed E-state index contributed by atoms with van der Waals surface area (Å²) >= 11 is 0. The molecular formula is C12H13N3O3. The van der Waals surface area contributed by atoms with Crippen molar-refractivity contribution >= 4 is 22.4 Å². The fourth-order valence-electron chi connectivity index (χ4n) is 1.83. The number of aromatic nitrogens is 1. The van der Waals surface area contributed by atoms with Crippen molar-refractivity contribution in [1.82, 2.24) is 9.88 Å². The van der Waals surface area contributed by atoms with Crippen LogP contribution in [-0.2, 0) is 0 Å². The molecule has 0 saturated heterocycles. The van der Waals surface area contributed by atoms with Gasteiger partial charge in [-0.15, -0.1) is 0 Å². The largest absolute Gasteiger partial charge is 0.360 e. The number of carbonyl (C=O) groups excluding carboxylic acids is 1. The van der Waals surface area contributed by atoms with Crippen LogP contribution in [-0.4, -0.2) is 41.2 Å². The molecule has 1 heterocycles. The molecule has 0 unspecified atom stereocenters. The van der Waals surface area contributed by atoms with E-state index in [1.165, 1.54) is 12.1 Å². The lowest BCUT2D eigenvalue weighted by Crippen LogP contribution is -2.21. The number of hydrogen-bond donors (Lipinski definition) is 1. The monoisotopic (exact) mass is 247 g/mol. The van der Waals surface area contributed by atoms with Gasteiger partial charge in [-0.1, -0.05) is 0 Å². The van der Waals surface area contributed by atoms with Crippen LogP contribution in [0.2, 0.25) is 0 Å². The minimum absolute atomic E-state index is 0.0130. The van der Waals surface area contributed by atoms with Gasteiger partial charge in [0, 0.05) is 34.8 Å². The molecule has 1 N–H and O–H groups in total. The molecule has 6 heteroatoms. The van der Waals surface area contributed by atoms with Gasteiger partial charge in [0.25, 0.3) is 5.69 Å². The summed E-state index contributed by atoms with van der Waals surface area (Å²) in [6.45, 7) is 0.273. The normalized spacial score (nSPS) is 11.1. The molecule has 2 rings (SSSR count). The second-order valence-electron chi connectivity index (χ2n) is 4.35. The Labute approximate surface area is 103 Å². The van der Waals surface area contributed by atoms with E-state index < -0.39 is 4.92 Å². The van der Waals surface area contributed by atoms with Crippen molar-refractivity contribution in [2.75, 3.05) is 20.6 Å². The Morgan fingerprint density at radius 1 is 1.44 bits per heavy atom. The van der Waals surface area contributed by atoms with Crippen LogP contribution in [0.5, 0.6) is 0 Å². The lowest BCUT2D eigenvalue weighted by molar-refractivity contribution is -0.384. The molecule has 0 aliphatic heterocycles. The standard InChI is InChI=1S/C12H13N3O3/c1-14(2)7-12(16)10-6-13-11-4-3-8(15(17)18)5-9(10)11/h3-6,13H,7H2,1-2H3. The fraction of sp³-hybridized carbons (Fsp3) is 0.250. The molecule has 94 valence electrons. The first-order valence-corrected chi connectivity index (χ1v) is 5.42. The quantitative estimate of drug-likeness (QED) is 0.507. The number of non-ortho nitro benzene ring substituents is 1. The number of H-pyrrole nitrogens is 1. The highest BCUT2D eigenvalue weighted by Crippen LogP contribution is 2.24. The van der Waals surface area contributed by atoms with Crippen LogP contribution >= 0.6 is 0 Å². The maximum atomic E-state index is 12.0. The molecule has 0 saturated carbocycles. The van der Waals surface area contributed by atoms with E-state index in [0.717, 1.165) is 5.52 Å². The number of nitro groups is 1. The Bertz CT molecular complexity index is 616. The van der Waals surface area contributed by atoms with Crippen LogP contribution in [0.15, 0.2) is 24.4 Å². The van der Waals surface area contributed by atoms with E-state index >= 15 is 0 Å². The van der Waals surface area contributed by atoms with E-state index in [4.69, 9.17) is 0 Å². The van der Waals surface area contributed by atoms with Crippen molar-refractivity contribution in [2.24, 2.45) is 0 Å². The maximum absolute atomic E-state index is 12.0. The Kier molecular flexibility index (Phi) is 3.12. The fourth-order valence-corrected chi connectivity index (χ4v) is 1.83. The number of carbonyl (C=O) groups is 1. The van der Waals surface area contributed by atoms with E-state index in [9.17, 15) is 14.9 Å². The Morgan fingerprint density at radius 2 is 2.17 bits per heavy atom. The Morgan fingerprint density at radius 3 is 2.78 bits per heavy atom. The third-order valence-electron chi connectivity index (χ3n) is 2.64. The van der Waals surface area contributed by atoms with E-state index in [1.54, 1.807) is 31.3 Å². The van der Waals surface area contributed by atoms with Gasteiger partial charge < -0.3 is 9.88 Å². The van der Waals surface area contributed by atoms with Crippen molar-refractivity contribution in [2.45, 2.75) is 0 Å². The van der Waals surface area contributed by atoms with Gasteiger partial charge >= 0.3 is 0 Å². The predicted octanol–water partition coefficient (Wildman–Crippen LogP) is 1.82. The molecule has 0 spiro atoms. The van der Waals surface area contributed by atoms with Crippen LogP contribution < -0.4 is 0 Å². The van der Waals surface area contributed by atoms with Crippen LogP contribution in [0, 0.1) is 10.1 Å². The summed E-state index contributed by atoms with van der Waals surface area (Å²) in [5, 5.41) is 11.3. The number of benzene rings is 1. The zero-order valence-electron chi connectivity index (χ0n) is 10.1. The SMILES string of the molecule is CN(C)CC(=O)c1c[nH]c2ccc([N+](=O)[O-])cc12. The highest BCUT2D eigenvalue weighted by molar-refractivity contribution is 6.09. The number of nitro benzene ring substituents is 1. The second-order valence-corrected chi connectivity index (χ2v) is 4.35. The summed E-state index contributed by atoms with van der Waals surface area (Å²) in [4.78, 5) is 27.0. The highest BCUT2D eigenvalue weighted by atomic mass is 16.6. The van der Waals surface area contributed by atoms with E-state index in [0.29, 0.717) is 10.9 Å². The Hall–Kier alpha value is -2.21. The molecule has 0 aliphatic carbocycles. The number of fused-ring (bicyclic) bond motifs is 1.